The van der Waals surface area contributed by atoms with Crippen LogP contribution in [0.4, 0.5) is 0 Å². The Morgan fingerprint density at radius 2 is 2.00 bits per heavy atom. The maximum absolute atomic E-state index is 5.52. The van der Waals surface area contributed by atoms with Crippen LogP contribution in [0.3, 0.4) is 0 Å². The molecule has 104 valence electrons. The van der Waals surface area contributed by atoms with E-state index in [-0.39, 0.29) is 0 Å². The van der Waals surface area contributed by atoms with Gasteiger partial charge in [0.25, 0.3) is 0 Å². The van der Waals surface area contributed by atoms with Crippen LogP contribution in [-0.4, -0.2) is 32.5 Å². The van der Waals surface area contributed by atoms with Crippen molar-refractivity contribution in [3.05, 3.63) is 10.5 Å². The Kier molecular flexibility index (Phi) is 3.35. The summed E-state index contributed by atoms with van der Waals surface area (Å²) in [6.07, 6.45) is 5.90. The van der Waals surface area contributed by atoms with Crippen molar-refractivity contribution in [3.63, 3.8) is 0 Å². The molecule has 1 N–H and O–H groups in total. The van der Waals surface area contributed by atoms with Crippen molar-refractivity contribution < 1.29 is 0 Å². The van der Waals surface area contributed by atoms with Gasteiger partial charge in [0.05, 0.1) is 5.69 Å². The second kappa shape index (κ2) is 5.00. The molecule has 5 nitrogen and oxygen atoms in total. The Labute approximate surface area is 118 Å². The summed E-state index contributed by atoms with van der Waals surface area (Å²) < 4.78 is 4.90. The molecule has 1 saturated heterocycles. The maximum atomic E-state index is 5.52. The van der Waals surface area contributed by atoms with Gasteiger partial charge in [0.2, 0.25) is 0 Å². The third-order valence-electron chi connectivity index (χ3n) is 3.82. The maximum Gasteiger partial charge on any atom is 0.198 e. The topological polar surface area (TPSA) is 41.8 Å². The van der Waals surface area contributed by atoms with Crippen LogP contribution < -0.4 is 5.01 Å². The van der Waals surface area contributed by atoms with Gasteiger partial charge in [-0.3, -0.25) is 0 Å². The van der Waals surface area contributed by atoms with Crippen LogP contribution >= 0.6 is 12.2 Å². The molecule has 19 heavy (non-hydrogen) atoms. The van der Waals surface area contributed by atoms with E-state index < -0.39 is 0 Å². The summed E-state index contributed by atoms with van der Waals surface area (Å²) in [5.74, 6) is 0. The van der Waals surface area contributed by atoms with Crippen LogP contribution in [0.5, 0.6) is 0 Å². The molecule has 0 bridgehead atoms. The van der Waals surface area contributed by atoms with E-state index >= 15 is 0 Å². The smallest absolute Gasteiger partial charge is 0.198 e. The number of hydrogen-bond acceptors (Lipinski definition) is 3. The van der Waals surface area contributed by atoms with E-state index in [9.17, 15) is 0 Å². The highest BCUT2D eigenvalue weighted by Gasteiger charge is 2.19. The fourth-order valence-electron chi connectivity index (χ4n) is 2.95. The minimum Gasteiger partial charge on any atom is -0.326 e. The molecule has 0 saturated carbocycles. The number of fused-ring (bicyclic) bond motifs is 1. The van der Waals surface area contributed by atoms with Gasteiger partial charge in [0, 0.05) is 20.1 Å². The summed E-state index contributed by atoms with van der Waals surface area (Å²) in [7, 11) is 2.00. The molecular weight excluding hydrogens is 258 g/mol. The zero-order valence-corrected chi connectivity index (χ0v) is 12.5. The van der Waals surface area contributed by atoms with Gasteiger partial charge in [-0.1, -0.05) is 13.3 Å². The van der Waals surface area contributed by atoms with E-state index in [1.807, 2.05) is 11.7 Å². The average molecular weight is 279 g/mol. The molecule has 3 heterocycles. The largest absolute Gasteiger partial charge is 0.326 e. The SMILES string of the molecule is CCCc1nn(C)c2c1[nH]c(=S)n2N1CCCCC1. The number of aromatic amines is 1. The molecule has 1 aliphatic rings. The molecule has 0 aliphatic carbocycles. The molecular formula is C13H21N5S. The van der Waals surface area contributed by atoms with E-state index in [2.05, 4.69) is 26.7 Å². The minimum absolute atomic E-state index is 0.794. The summed E-state index contributed by atoms with van der Waals surface area (Å²) in [6.45, 7) is 4.34. The number of nitrogens with one attached hydrogen (secondary N) is 1. The highest BCUT2D eigenvalue weighted by Crippen LogP contribution is 2.21. The molecule has 2 aromatic rings. The van der Waals surface area contributed by atoms with E-state index in [0.717, 1.165) is 47.6 Å². The number of rotatable bonds is 3. The van der Waals surface area contributed by atoms with Crippen molar-refractivity contribution in [3.8, 4) is 0 Å². The first-order valence-corrected chi connectivity index (χ1v) is 7.55. The van der Waals surface area contributed by atoms with Gasteiger partial charge in [-0.15, -0.1) is 0 Å². The number of nitrogens with zero attached hydrogens (tertiary/aromatic N) is 4. The number of imidazole rings is 1. The van der Waals surface area contributed by atoms with Crippen LogP contribution in [0.2, 0.25) is 0 Å². The highest BCUT2D eigenvalue weighted by molar-refractivity contribution is 7.71. The average Bonchev–Trinajstić information content (AvgIpc) is 2.89. The molecule has 1 aliphatic heterocycles. The molecule has 3 rings (SSSR count). The predicted octanol–water partition coefficient (Wildman–Crippen LogP) is 2.51. The van der Waals surface area contributed by atoms with Gasteiger partial charge in [-0.2, -0.15) is 5.10 Å². The zero-order chi connectivity index (χ0) is 13.4. The van der Waals surface area contributed by atoms with Gasteiger partial charge < -0.3 is 9.99 Å². The second-order valence-electron chi connectivity index (χ2n) is 5.28. The summed E-state index contributed by atoms with van der Waals surface area (Å²) in [6, 6.07) is 0. The Balaban J connectivity index is 2.13. The second-order valence-corrected chi connectivity index (χ2v) is 5.66. The monoisotopic (exact) mass is 279 g/mol. The first-order valence-electron chi connectivity index (χ1n) is 7.14. The normalized spacial score (nSPS) is 16.4. The van der Waals surface area contributed by atoms with Crippen LogP contribution in [0.15, 0.2) is 0 Å². The first-order chi connectivity index (χ1) is 9.22. The summed E-state index contributed by atoms with van der Waals surface area (Å²) in [4.78, 5) is 3.35. The van der Waals surface area contributed by atoms with E-state index in [4.69, 9.17) is 12.2 Å². The quantitative estimate of drug-likeness (QED) is 0.878. The standard InChI is InChI=1S/C13H21N5S/c1-3-7-10-11-12(16(2)15-10)18(13(19)14-11)17-8-5-4-6-9-17/h3-9H2,1-2H3,(H,14,19). The lowest BCUT2D eigenvalue weighted by molar-refractivity contribution is 0.477. The first kappa shape index (κ1) is 12.7. The predicted molar refractivity (Wildman–Crippen MR) is 79.7 cm³/mol. The Hall–Kier alpha value is -1.30. The summed E-state index contributed by atoms with van der Waals surface area (Å²) in [5.41, 5.74) is 3.34. The summed E-state index contributed by atoms with van der Waals surface area (Å²) >= 11 is 5.52. The lowest BCUT2D eigenvalue weighted by Gasteiger charge is -2.29. The van der Waals surface area contributed by atoms with Gasteiger partial charge in [-0.25, -0.2) is 9.36 Å². The lowest BCUT2D eigenvalue weighted by atomic mass is 10.2. The third-order valence-corrected chi connectivity index (χ3v) is 4.09. The third kappa shape index (κ3) is 2.08. The number of hydrogen-bond donors (Lipinski definition) is 1. The Bertz CT molecular complexity index is 629. The molecule has 0 unspecified atom stereocenters. The number of piperidine rings is 1. The van der Waals surface area contributed by atoms with Crippen molar-refractivity contribution in [1.29, 1.82) is 0 Å². The fraction of sp³-hybridized carbons (Fsp3) is 0.692. The van der Waals surface area contributed by atoms with Crippen LogP contribution in [0, 0.1) is 4.77 Å². The van der Waals surface area contributed by atoms with Gasteiger partial charge in [0.15, 0.2) is 10.4 Å². The molecule has 0 radical (unpaired) electrons. The number of aryl methyl sites for hydroxylation is 2. The van der Waals surface area contributed by atoms with E-state index in [0.29, 0.717) is 0 Å². The lowest BCUT2D eigenvalue weighted by Crippen LogP contribution is -2.39. The number of aromatic nitrogens is 4. The molecule has 1 fully saturated rings. The van der Waals surface area contributed by atoms with Gasteiger partial charge in [0.1, 0.15) is 5.52 Å². The molecule has 0 spiro atoms. The molecule has 0 atom stereocenters. The van der Waals surface area contributed by atoms with Crippen LogP contribution in [-0.2, 0) is 13.5 Å². The summed E-state index contributed by atoms with van der Waals surface area (Å²) in [5, 5.41) is 6.98. The van der Waals surface area contributed by atoms with Crippen LogP contribution in [0.25, 0.3) is 11.2 Å². The van der Waals surface area contributed by atoms with Gasteiger partial charge in [-0.05, 0) is 37.9 Å². The number of H-pyrrole nitrogens is 1. The Morgan fingerprint density at radius 3 is 2.68 bits per heavy atom. The van der Waals surface area contributed by atoms with Crippen molar-refractivity contribution in [2.75, 3.05) is 18.1 Å². The van der Waals surface area contributed by atoms with Crippen molar-refractivity contribution >= 4 is 23.4 Å². The van der Waals surface area contributed by atoms with Crippen LogP contribution in [0.1, 0.15) is 38.3 Å². The van der Waals surface area contributed by atoms with Crippen molar-refractivity contribution in [2.45, 2.75) is 39.0 Å². The minimum atomic E-state index is 0.794. The molecule has 0 amide bonds. The molecule has 6 heteroatoms. The van der Waals surface area contributed by atoms with E-state index in [1.165, 1.54) is 19.3 Å². The highest BCUT2D eigenvalue weighted by atomic mass is 32.1. The van der Waals surface area contributed by atoms with E-state index in [1.54, 1.807) is 0 Å². The Morgan fingerprint density at radius 1 is 1.26 bits per heavy atom. The van der Waals surface area contributed by atoms with Crippen molar-refractivity contribution in [2.24, 2.45) is 7.05 Å². The van der Waals surface area contributed by atoms with Crippen molar-refractivity contribution in [1.82, 2.24) is 19.4 Å². The van der Waals surface area contributed by atoms with Gasteiger partial charge >= 0.3 is 0 Å². The fourth-order valence-corrected chi connectivity index (χ4v) is 3.25. The zero-order valence-electron chi connectivity index (χ0n) is 11.6. The molecule has 0 aromatic carbocycles. The molecule has 2 aromatic heterocycles.